The summed E-state index contributed by atoms with van der Waals surface area (Å²) in [5.41, 5.74) is 0.674. The molecule has 0 amide bonds. The summed E-state index contributed by atoms with van der Waals surface area (Å²) in [5, 5.41) is 8.87. The van der Waals surface area contributed by atoms with Crippen LogP contribution in [0.3, 0.4) is 0 Å². The van der Waals surface area contributed by atoms with E-state index in [0.717, 1.165) is 0 Å². The molecule has 0 aliphatic heterocycles. The number of methoxy groups -OCH3 is 1. The van der Waals surface area contributed by atoms with Gasteiger partial charge in [0.15, 0.2) is 5.78 Å². The molecule has 0 unspecified atom stereocenters. The van der Waals surface area contributed by atoms with Gasteiger partial charge < -0.3 is 4.74 Å². The number of alkyl halides is 1. The van der Waals surface area contributed by atoms with Gasteiger partial charge in [-0.2, -0.15) is 5.26 Å². The van der Waals surface area contributed by atoms with Crippen LogP contribution in [0.4, 0.5) is 0 Å². The highest BCUT2D eigenvalue weighted by molar-refractivity contribution is 6.19. The number of hydrogen-bond acceptors (Lipinski definition) is 4. The highest BCUT2D eigenvalue weighted by atomic mass is 35.5. The number of nitrogens with zero attached hydrogens (tertiary/aromatic N) is 1. The van der Waals surface area contributed by atoms with E-state index in [1.807, 2.05) is 6.07 Å². The van der Waals surface area contributed by atoms with E-state index in [4.69, 9.17) is 16.9 Å². The first-order chi connectivity index (χ1) is 8.13. The minimum atomic E-state index is -0.547. The molecule has 0 aromatic heterocycles. The molecule has 0 aliphatic rings. The summed E-state index contributed by atoms with van der Waals surface area (Å²) < 4.78 is 4.55. The Morgan fingerprint density at radius 3 is 2.71 bits per heavy atom. The molecule has 4 nitrogen and oxygen atoms in total. The van der Waals surface area contributed by atoms with E-state index in [0.29, 0.717) is 0 Å². The van der Waals surface area contributed by atoms with Crippen molar-refractivity contribution in [3.05, 3.63) is 34.9 Å². The van der Waals surface area contributed by atoms with Gasteiger partial charge in [0, 0.05) is 17.9 Å². The highest BCUT2D eigenvalue weighted by Crippen LogP contribution is 2.14. The Bertz CT molecular complexity index is 491. The number of Topliss-reactive ketones (excluding diaryl/α,β-unsaturated/α-hetero) is 1. The van der Waals surface area contributed by atoms with Crippen LogP contribution in [0.2, 0.25) is 0 Å². The summed E-state index contributed by atoms with van der Waals surface area (Å²) >= 11 is 5.48. The van der Waals surface area contributed by atoms with Crippen molar-refractivity contribution < 1.29 is 14.3 Å². The van der Waals surface area contributed by atoms with Crippen LogP contribution in [0.5, 0.6) is 0 Å². The van der Waals surface area contributed by atoms with Gasteiger partial charge in [0.1, 0.15) is 0 Å². The van der Waals surface area contributed by atoms with E-state index in [9.17, 15) is 9.59 Å². The standard InChI is InChI=1S/C12H10ClNO3/c1-17-12(16)8-2-3-9(7-14)10(6-8)11(15)4-5-13/h2-3,6H,4-5H2,1H3. The molecule has 1 aromatic rings. The van der Waals surface area contributed by atoms with Crippen molar-refractivity contribution in [2.24, 2.45) is 0 Å². The SMILES string of the molecule is COC(=O)c1ccc(C#N)c(C(=O)CCCl)c1. The van der Waals surface area contributed by atoms with Crippen molar-refractivity contribution in [3.63, 3.8) is 0 Å². The zero-order valence-electron chi connectivity index (χ0n) is 9.20. The monoisotopic (exact) mass is 251 g/mol. The number of carbonyl (C=O) groups excluding carboxylic acids is 2. The van der Waals surface area contributed by atoms with Gasteiger partial charge in [-0.15, -0.1) is 11.6 Å². The Hall–Kier alpha value is -1.86. The van der Waals surface area contributed by atoms with E-state index < -0.39 is 5.97 Å². The predicted octanol–water partition coefficient (Wildman–Crippen LogP) is 2.16. The number of hydrogen-bond donors (Lipinski definition) is 0. The normalized spacial score (nSPS) is 9.47. The number of nitriles is 1. The van der Waals surface area contributed by atoms with E-state index in [-0.39, 0.29) is 34.8 Å². The summed E-state index contributed by atoms with van der Waals surface area (Å²) in [6.45, 7) is 0. The second-order valence-electron chi connectivity index (χ2n) is 3.23. The molecule has 0 bridgehead atoms. The van der Waals surface area contributed by atoms with Crippen LogP contribution >= 0.6 is 11.6 Å². The lowest BCUT2D eigenvalue weighted by molar-refractivity contribution is 0.0600. The van der Waals surface area contributed by atoms with Crippen LogP contribution in [0.1, 0.15) is 32.7 Å². The number of rotatable bonds is 4. The van der Waals surface area contributed by atoms with Crippen molar-refractivity contribution >= 4 is 23.4 Å². The lowest BCUT2D eigenvalue weighted by Crippen LogP contribution is -2.07. The van der Waals surface area contributed by atoms with E-state index in [2.05, 4.69) is 4.74 Å². The molecule has 88 valence electrons. The van der Waals surface area contributed by atoms with Crippen molar-refractivity contribution in [3.8, 4) is 6.07 Å². The van der Waals surface area contributed by atoms with Crippen molar-refractivity contribution in [1.29, 1.82) is 5.26 Å². The van der Waals surface area contributed by atoms with Crippen LogP contribution in [0.15, 0.2) is 18.2 Å². The molecule has 0 saturated carbocycles. The first-order valence-corrected chi connectivity index (χ1v) is 5.39. The summed E-state index contributed by atoms with van der Waals surface area (Å²) in [4.78, 5) is 23.0. The molecule has 0 spiro atoms. The molecule has 17 heavy (non-hydrogen) atoms. The van der Waals surface area contributed by atoms with Gasteiger partial charge in [0.05, 0.1) is 24.3 Å². The van der Waals surface area contributed by atoms with Crippen molar-refractivity contribution in [2.75, 3.05) is 13.0 Å². The smallest absolute Gasteiger partial charge is 0.337 e. The summed E-state index contributed by atoms with van der Waals surface area (Å²) in [7, 11) is 1.25. The fourth-order valence-electron chi connectivity index (χ4n) is 1.34. The molecule has 0 radical (unpaired) electrons. The second kappa shape index (κ2) is 6.02. The Labute approximate surface area is 104 Å². The van der Waals surface area contributed by atoms with Crippen LogP contribution in [0.25, 0.3) is 0 Å². The Balaban J connectivity index is 3.21. The maximum Gasteiger partial charge on any atom is 0.337 e. The van der Waals surface area contributed by atoms with Crippen LogP contribution in [-0.4, -0.2) is 24.7 Å². The summed E-state index contributed by atoms with van der Waals surface area (Å²) in [6, 6.07) is 6.13. The Kier molecular flexibility index (Phi) is 4.68. The lowest BCUT2D eigenvalue weighted by atomic mass is 10.00. The first kappa shape index (κ1) is 13.2. The molecular formula is C12H10ClNO3. The van der Waals surface area contributed by atoms with E-state index in [1.165, 1.54) is 25.3 Å². The second-order valence-corrected chi connectivity index (χ2v) is 3.60. The minimum Gasteiger partial charge on any atom is -0.465 e. The summed E-state index contributed by atoms with van der Waals surface area (Å²) in [5.74, 6) is -0.636. The number of halogens is 1. The average Bonchev–Trinajstić information content (AvgIpc) is 2.37. The number of carbonyl (C=O) groups is 2. The highest BCUT2D eigenvalue weighted by Gasteiger charge is 2.14. The van der Waals surface area contributed by atoms with Gasteiger partial charge in [-0.05, 0) is 18.2 Å². The zero-order valence-corrected chi connectivity index (χ0v) is 9.95. The van der Waals surface area contributed by atoms with Crippen molar-refractivity contribution in [2.45, 2.75) is 6.42 Å². The van der Waals surface area contributed by atoms with E-state index in [1.54, 1.807) is 0 Å². The third-order valence-corrected chi connectivity index (χ3v) is 2.37. The first-order valence-electron chi connectivity index (χ1n) is 4.85. The predicted molar refractivity (Wildman–Crippen MR) is 62.2 cm³/mol. The topological polar surface area (TPSA) is 67.2 Å². The molecule has 0 atom stereocenters. The Morgan fingerprint density at radius 2 is 2.18 bits per heavy atom. The number of benzene rings is 1. The third kappa shape index (κ3) is 3.05. The maximum absolute atomic E-state index is 11.7. The van der Waals surface area contributed by atoms with Gasteiger partial charge in [0.25, 0.3) is 0 Å². The number of esters is 1. The molecule has 5 heteroatoms. The summed E-state index contributed by atoms with van der Waals surface area (Å²) in [6.07, 6.45) is 0.126. The largest absolute Gasteiger partial charge is 0.465 e. The zero-order chi connectivity index (χ0) is 12.8. The molecule has 0 heterocycles. The van der Waals surface area contributed by atoms with Gasteiger partial charge in [-0.3, -0.25) is 4.79 Å². The number of ketones is 1. The Morgan fingerprint density at radius 1 is 1.47 bits per heavy atom. The van der Waals surface area contributed by atoms with Crippen LogP contribution < -0.4 is 0 Å². The van der Waals surface area contributed by atoms with Crippen LogP contribution in [-0.2, 0) is 4.74 Å². The lowest BCUT2D eigenvalue weighted by Gasteiger charge is -2.04. The fourth-order valence-corrected chi connectivity index (χ4v) is 1.51. The quantitative estimate of drug-likeness (QED) is 0.467. The van der Waals surface area contributed by atoms with Gasteiger partial charge in [-0.25, -0.2) is 4.79 Å². The molecule has 1 aromatic carbocycles. The van der Waals surface area contributed by atoms with Crippen LogP contribution in [0, 0.1) is 11.3 Å². The molecule has 0 N–H and O–H groups in total. The molecule has 0 fully saturated rings. The van der Waals surface area contributed by atoms with Gasteiger partial charge in [-0.1, -0.05) is 0 Å². The third-order valence-electron chi connectivity index (χ3n) is 2.18. The molecular weight excluding hydrogens is 242 g/mol. The molecule has 0 aliphatic carbocycles. The van der Waals surface area contributed by atoms with Crippen molar-refractivity contribution in [1.82, 2.24) is 0 Å². The molecule has 1 rings (SSSR count). The molecule has 0 saturated heterocycles. The average molecular weight is 252 g/mol. The number of ether oxygens (including phenoxy) is 1. The fraction of sp³-hybridized carbons (Fsp3) is 0.250. The minimum absolute atomic E-state index is 0.126. The van der Waals surface area contributed by atoms with E-state index >= 15 is 0 Å². The van der Waals surface area contributed by atoms with Gasteiger partial charge >= 0.3 is 5.97 Å². The van der Waals surface area contributed by atoms with Gasteiger partial charge in [0.2, 0.25) is 0 Å². The maximum atomic E-state index is 11.7.